The van der Waals surface area contributed by atoms with Crippen LogP contribution < -0.4 is 4.72 Å². The van der Waals surface area contributed by atoms with Gasteiger partial charge in [-0.05, 0) is 43.0 Å². The molecule has 0 saturated heterocycles. The zero-order valence-corrected chi connectivity index (χ0v) is 11.4. The van der Waals surface area contributed by atoms with Crippen LogP contribution in [0.25, 0.3) is 0 Å². The molecule has 2 rings (SSSR count). The van der Waals surface area contributed by atoms with E-state index in [0.29, 0.717) is 11.3 Å². The first kappa shape index (κ1) is 12.1. The fraction of sp³-hybridized carbons (Fsp3) is 0.455. The zero-order valence-electron chi connectivity index (χ0n) is 9.03. The monoisotopic (exact) mass is 303 g/mol. The van der Waals surface area contributed by atoms with E-state index in [-0.39, 0.29) is 6.04 Å². The Morgan fingerprint density at radius 3 is 2.69 bits per heavy atom. The molecule has 1 N–H and O–H groups in total. The van der Waals surface area contributed by atoms with Crippen LogP contribution in [-0.2, 0) is 16.4 Å². The van der Waals surface area contributed by atoms with Crippen LogP contribution in [-0.4, -0.2) is 14.5 Å². The van der Waals surface area contributed by atoms with Gasteiger partial charge in [0.15, 0.2) is 0 Å². The summed E-state index contributed by atoms with van der Waals surface area (Å²) in [5.41, 5.74) is 0.850. The fourth-order valence-corrected chi connectivity index (χ4v) is 3.58. The van der Waals surface area contributed by atoms with Gasteiger partial charge in [-0.25, -0.2) is 13.1 Å². The highest BCUT2D eigenvalue weighted by molar-refractivity contribution is 9.10. The Morgan fingerprint density at radius 1 is 1.44 bits per heavy atom. The van der Waals surface area contributed by atoms with Crippen LogP contribution >= 0.6 is 15.9 Å². The molecule has 0 unspecified atom stereocenters. The van der Waals surface area contributed by atoms with Crippen molar-refractivity contribution in [3.8, 4) is 0 Å². The standard InChI is InChI=1S/C11H14BrNO2S/c1-2-8-7-9(12)3-6-11(8)16(14,15)13-10-4-5-10/h3,6-7,10,13H,2,4-5H2,1H3. The average molecular weight is 304 g/mol. The van der Waals surface area contributed by atoms with E-state index in [2.05, 4.69) is 20.7 Å². The first-order valence-corrected chi connectivity index (χ1v) is 7.61. The highest BCUT2D eigenvalue weighted by atomic mass is 79.9. The Bertz CT molecular complexity index is 495. The van der Waals surface area contributed by atoms with Gasteiger partial charge in [-0.15, -0.1) is 0 Å². The lowest BCUT2D eigenvalue weighted by atomic mass is 10.2. The highest BCUT2D eigenvalue weighted by Gasteiger charge is 2.28. The van der Waals surface area contributed by atoms with Crippen molar-refractivity contribution in [2.45, 2.75) is 37.1 Å². The van der Waals surface area contributed by atoms with Gasteiger partial charge in [0.05, 0.1) is 4.90 Å². The summed E-state index contributed by atoms with van der Waals surface area (Å²) in [6.07, 6.45) is 2.62. The smallest absolute Gasteiger partial charge is 0.208 e. The molecule has 0 aromatic heterocycles. The largest absolute Gasteiger partial charge is 0.241 e. The molecule has 1 saturated carbocycles. The van der Waals surface area contributed by atoms with Crippen LogP contribution in [0, 0.1) is 0 Å². The minimum atomic E-state index is -3.33. The maximum absolute atomic E-state index is 12.0. The Kier molecular flexibility index (Phi) is 3.37. The minimum Gasteiger partial charge on any atom is -0.208 e. The van der Waals surface area contributed by atoms with E-state index < -0.39 is 10.0 Å². The molecule has 1 aromatic rings. The molecule has 0 atom stereocenters. The molecule has 1 fully saturated rings. The Labute approximate surface area is 104 Å². The van der Waals surface area contributed by atoms with Gasteiger partial charge in [-0.2, -0.15) is 0 Å². The van der Waals surface area contributed by atoms with Crippen LogP contribution in [0.5, 0.6) is 0 Å². The molecular weight excluding hydrogens is 290 g/mol. The number of sulfonamides is 1. The molecule has 5 heteroatoms. The van der Waals surface area contributed by atoms with Gasteiger partial charge >= 0.3 is 0 Å². The molecule has 0 spiro atoms. The average Bonchev–Trinajstić information content (AvgIpc) is 3.00. The van der Waals surface area contributed by atoms with Gasteiger partial charge in [-0.1, -0.05) is 22.9 Å². The fourth-order valence-electron chi connectivity index (χ4n) is 1.57. The van der Waals surface area contributed by atoms with E-state index in [9.17, 15) is 8.42 Å². The number of aryl methyl sites for hydroxylation is 1. The topological polar surface area (TPSA) is 46.2 Å². The third-order valence-electron chi connectivity index (χ3n) is 2.59. The number of hydrogen-bond acceptors (Lipinski definition) is 2. The van der Waals surface area contributed by atoms with Gasteiger partial charge in [0, 0.05) is 10.5 Å². The molecule has 3 nitrogen and oxygen atoms in total. The molecule has 0 bridgehead atoms. The highest BCUT2D eigenvalue weighted by Crippen LogP contribution is 2.25. The van der Waals surface area contributed by atoms with Crippen molar-refractivity contribution in [3.63, 3.8) is 0 Å². The summed E-state index contributed by atoms with van der Waals surface area (Å²) in [4.78, 5) is 0.408. The molecule has 0 amide bonds. The van der Waals surface area contributed by atoms with Gasteiger partial charge in [0.2, 0.25) is 10.0 Å². The third kappa shape index (κ3) is 2.64. The molecule has 0 aliphatic heterocycles. The number of nitrogens with one attached hydrogen (secondary N) is 1. The van der Waals surface area contributed by atoms with Crippen molar-refractivity contribution in [2.24, 2.45) is 0 Å². The van der Waals surface area contributed by atoms with Crippen LogP contribution in [0.4, 0.5) is 0 Å². The van der Waals surface area contributed by atoms with Crippen LogP contribution in [0.2, 0.25) is 0 Å². The van der Waals surface area contributed by atoms with Crippen molar-refractivity contribution in [3.05, 3.63) is 28.2 Å². The summed E-state index contributed by atoms with van der Waals surface area (Å²) in [5.74, 6) is 0. The first-order valence-electron chi connectivity index (χ1n) is 5.33. The molecule has 1 aliphatic rings. The molecule has 0 radical (unpaired) electrons. The summed E-state index contributed by atoms with van der Waals surface area (Å²) in [5, 5.41) is 0. The Hall–Kier alpha value is -0.390. The summed E-state index contributed by atoms with van der Waals surface area (Å²) in [6.45, 7) is 1.96. The van der Waals surface area contributed by atoms with Gasteiger partial charge in [0.1, 0.15) is 0 Å². The second-order valence-corrected chi connectivity index (χ2v) is 6.60. The lowest BCUT2D eigenvalue weighted by Crippen LogP contribution is -2.26. The second-order valence-electron chi connectivity index (χ2n) is 4.00. The van der Waals surface area contributed by atoms with Gasteiger partial charge < -0.3 is 0 Å². The zero-order chi connectivity index (χ0) is 11.8. The van der Waals surface area contributed by atoms with E-state index >= 15 is 0 Å². The summed E-state index contributed by atoms with van der Waals surface area (Å²) < 4.78 is 27.7. The predicted octanol–water partition coefficient (Wildman–Crippen LogP) is 2.45. The summed E-state index contributed by atoms with van der Waals surface area (Å²) in [7, 11) is -3.33. The van der Waals surface area contributed by atoms with E-state index in [1.54, 1.807) is 12.1 Å². The lowest BCUT2D eigenvalue weighted by molar-refractivity contribution is 0.580. The van der Waals surface area contributed by atoms with Crippen molar-refractivity contribution in [2.75, 3.05) is 0 Å². The van der Waals surface area contributed by atoms with Gasteiger partial charge in [0.25, 0.3) is 0 Å². The Balaban J connectivity index is 2.37. The number of benzene rings is 1. The molecule has 1 aromatic carbocycles. The van der Waals surface area contributed by atoms with E-state index in [1.165, 1.54) is 0 Å². The van der Waals surface area contributed by atoms with Gasteiger partial charge in [-0.3, -0.25) is 0 Å². The second kappa shape index (κ2) is 4.47. The van der Waals surface area contributed by atoms with Crippen molar-refractivity contribution in [1.82, 2.24) is 4.72 Å². The van der Waals surface area contributed by atoms with Crippen LogP contribution in [0.1, 0.15) is 25.3 Å². The van der Waals surface area contributed by atoms with Crippen molar-refractivity contribution < 1.29 is 8.42 Å². The molecule has 16 heavy (non-hydrogen) atoms. The van der Waals surface area contributed by atoms with E-state index in [4.69, 9.17) is 0 Å². The van der Waals surface area contributed by atoms with Crippen molar-refractivity contribution in [1.29, 1.82) is 0 Å². The molecular formula is C11H14BrNO2S. The number of hydrogen-bond donors (Lipinski definition) is 1. The maximum Gasteiger partial charge on any atom is 0.241 e. The van der Waals surface area contributed by atoms with E-state index in [0.717, 1.165) is 22.9 Å². The normalized spacial score (nSPS) is 16.4. The van der Waals surface area contributed by atoms with E-state index in [1.807, 2.05) is 13.0 Å². The SMILES string of the molecule is CCc1cc(Br)ccc1S(=O)(=O)NC1CC1. The summed E-state index contributed by atoms with van der Waals surface area (Å²) >= 11 is 3.35. The number of rotatable bonds is 4. The molecule has 88 valence electrons. The molecule has 1 aliphatic carbocycles. The predicted molar refractivity (Wildman–Crippen MR) is 66.9 cm³/mol. The quantitative estimate of drug-likeness (QED) is 0.929. The first-order chi connectivity index (χ1) is 7.53. The maximum atomic E-state index is 12.0. The number of halogens is 1. The van der Waals surface area contributed by atoms with Crippen LogP contribution in [0.15, 0.2) is 27.6 Å². The lowest BCUT2D eigenvalue weighted by Gasteiger charge is -2.10. The van der Waals surface area contributed by atoms with Crippen LogP contribution in [0.3, 0.4) is 0 Å². The minimum absolute atomic E-state index is 0.151. The Morgan fingerprint density at radius 2 is 2.12 bits per heavy atom. The third-order valence-corrected chi connectivity index (χ3v) is 4.71. The molecule has 0 heterocycles. The van der Waals surface area contributed by atoms with Crippen molar-refractivity contribution >= 4 is 26.0 Å². The summed E-state index contributed by atoms with van der Waals surface area (Å²) in [6, 6.07) is 5.44.